The van der Waals surface area contributed by atoms with E-state index in [0.29, 0.717) is 18.2 Å². The topological polar surface area (TPSA) is 48.7 Å². The molecule has 0 fully saturated rings. The highest BCUT2D eigenvalue weighted by Crippen LogP contribution is 2.21. The van der Waals surface area contributed by atoms with Gasteiger partial charge < -0.3 is 14.6 Å². The molecule has 2 aromatic rings. The highest BCUT2D eigenvalue weighted by molar-refractivity contribution is 5.94. The zero-order chi connectivity index (χ0) is 19.8. The Kier molecular flexibility index (Phi) is 7.92. The summed E-state index contributed by atoms with van der Waals surface area (Å²) in [5.74, 6) is 0.822. The van der Waals surface area contributed by atoms with Crippen molar-refractivity contribution in [1.82, 2.24) is 10.2 Å². The van der Waals surface area contributed by atoms with Crippen LogP contribution in [0.2, 0.25) is 0 Å². The molecule has 148 valence electrons. The Morgan fingerprint density at radius 2 is 1.70 bits per heavy atom. The van der Waals surface area contributed by atoms with Gasteiger partial charge in [-0.3, -0.25) is 9.69 Å². The van der Waals surface area contributed by atoms with E-state index in [0.717, 1.165) is 31.1 Å². The summed E-state index contributed by atoms with van der Waals surface area (Å²) in [6, 6.07) is 12.2. The van der Waals surface area contributed by atoms with Crippen LogP contribution < -0.4 is 10.2 Å². The van der Waals surface area contributed by atoms with E-state index < -0.39 is 0 Å². The van der Waals surface area contributed by atoms with E-state index in [1.165, 1.54) is 0 Å². The van der Waals surface area contributed by atoms with E-state index in [4.69, 9.17) is 4.42 Å². The number of furan rings is 1. The predicted octanol–water partition coefficient (Wildman–Crippen LogP) is 4.33. The zero-order valence-electron chi connectivity index (χ0n) is 17.2. The second-order valence-electron chi connectivity index (χ2n) is 6.89. The van der Waals surface area contributed by atoms with Gasteiger partial charge in [0.25, 0.3) is 5.91 Å². The second-order valence-corrected chi connectivity index (χ2v) is 6.89. The lowest BCUT2D eigenvalue weighted by Gasteiger charge is -2.28. The van der Waals surface area contributed by atoms with E-state index in [1.807, 2.05) is 36.4 Å². The quantitative estimate of drug-likeness (QED) is 0.675. The smallest absolute Gasteiger partial charge is 0.251 e. The van der Waals surface area contributed by atoms with Crippen LogP contribution in [-0.2, 0) is 0 Å². The summed E-state index contributed by atoms with van der Waals surface area (Å²) in [4.78, 5) is 17.2. The van der Waals surface area contributed by atoms with Gasteiger partial charge in [0, 0.05) is 30.4 Å². The summed E-state index contributed by atoms with van der Waals surface area (Å²) in [6.45, 7) is 14.0. The van der Waals surface area contributed by atoms with E-state index in [1.54, 1.807) is 6.26 Å². The van der Waals surface area contributed by atoms with Crippen LogP contribution in [0.5, 0.6) is 0 Å². The van der Waals surface area contributed by atoms with Crippen LogP contribution in [0.25, 0.3) is 0 Å². The highest BCUT2D eigenvalue weighted by Gasteiger charge is 2.21. The molecule has 2 rings (SSSR count). The molecule has 27 heavy (non-hydrogen) atoms. The standard InChI is InChI=1S/C22H33N3O2/c1-6-24(7-2)20(21-10-9-15-27-21)16-23-22(26)18-11-13-19(14-12-18)25(8-3)17(4)5/h9-15,17,20H,6-8,16H2,1-5H3,(H,23,26). The van der Waals surface area contributed by atoms with E-state index in [9.17, 15) is 4.79 Å². The summed E-state index contributed by atoms with van der Waals surface area (Å²) >= 11 is 0. The number of hydrogen-bond acceptors (Lipinski definition) is 4. The molecule has 1 N–H and O–H groups in total. The minimum atomic E-state index is -0.0575. The van der Waals surface area contributed by atoms with Crippen LogP contribution in [0.15, 0.2) is 47.1 Å². The van der Waals surface area contributed by atoms with Gasteiger partial charge in [-0.2, -0.15) is 0 Å². The van der Waals surface area contributed by atoms with Crippen molar-refractivity contribution in [2.24, 2.45) is 0 Å². The summed E-state index contributed by atoms with van der Waals surface area (Å²) in [7, 11) is 0. The number of likely N-dealkylation sites (N-methyl/N-ethyl adjacent to an activating group) is 1. The fourth-order valence-corrected chi connectivity index (χ4v) is 3.50. The van der Waals surface area contributed by atoms with Gasteiger partial charge in [0.15, 0.2) is 0 Å². The molecule has 0 saturated carbocycles. The molecule has 0 aliphatic heterocycles. The number of carbonyl (C=O) groups excluding carboxylic acids is 1. The molecule has 5 nitrogen and oxygen atoms in total. The van der Waals surface area contributed by atoms with E-state index in [2.05, 4.69) is 49.7 Å². The Labute approximate surface area is 163 Å². The van der Waals surface area contributed by atoms with Gasteiger partial charge in [-0.25, -0.2) is 0 Å². The van der Waals surface area contributed by atoms with Gasteiger partial charge in [0.2, 0.25) is 0 Å². The Bertz CT molecular complexity index is 676. The van der Waals surface area contributed by atoms with Crippen LogP contribution in [0.4, 0.5) is 5.69 Å². The van der Waals surface area contributed by atoms with Crippen molar-refractivity contribution < 1.29 is 9.21 Å². The summed E-state index contributed by atoms with van der Waals surface area (Å²) in [5, 5.41) is 3.07. The van der Waals surface area contributed by atoms with Crippen molar-refractivity contribution in [2.75, 3.05) is 31.1 Å². The second kappa shape index (κ2) is 10.2. The maximum atomic E-state index is 12.6. The van der Waals surface area contributed by atoms with Crippen molar-refractivity contribution in [3.8, 4) is 0 Å². The van der Waals surface area contributed by atoms with Gasteiger partial charge in [0.05, 0.1) is 12.3 Å². The van der Waals surface area contributed by atoms with Crippen molar-refractivity contribution in [2.45, 2.75) is 46.7 Å². The number of hydrogen-bond donors (Lipinski definition) is 1. The molecule has 1 aromatic carbocycles. The van der Waals surface area contributed by atoms with Gasteiger partial charge in [-0.15, -0.1) is 0 Å². The molecule has 1 amide bonds. The van der Waals surface area contributed by atoms with Crippen LogP contribution in [-0.4, -0.2) is 43.0 Å². The average Bonchev–Trinajstić information content (AvgIpc) is 3.20. The molecule has 1 aromatic heterocycles. The molecular formula is C22H33N3O2. The molecule has 0 aliphatic rings. The first-order valence-electron chi connectivity index (χ1n) is 9.94. The number of nitrogens with one attached hydrogen (secondary N) is 1. The van der Waals surface area contributed by atoms with Gasteiger partial charge in [-0.05, 0) is 70.3 Å². The lowest BCUT2D eigenvalue weighted by molar-refractivity contribution is 0.0929. The molecule has 1 atom stereocenters. The third kappa shape index (κ3) is 5.36. The molecule has 1 unspecified atom stereocenters. The number of carbonyl (C=O) groups is 1. The molecule has 0 spiro atoms. The molecule has 0 saturated heterocycles. The maximum Gasteiger partial charge on any atom is 0.251 e. The van der Waals surface area contributed by atoms with E-state index in [-0.39, 0.29) is 11.9 Å². The number of benzene rings is 1. The Morgan fingerprint density at radius 3 is 2.19 bits per heavy atom. The monoisotopic (exact) mass is 371 g/mol. The number of rotatable bonds is 10. The summed E-state index contributed by atoms with van der Waals surface area (Å²) in [5.41, 5.74) is 1.82. The molecule has 0 radical (unpaired) electrons. The fraction of sp³-hybridized carbons (Fsp3) is 0.500. The fourth-order valence-electron chi connectivity index (χ4n) is 3.50. The predicted molar refractivity (Wildman–Crippen MR) is 111 cm³/mol. The first kappa shape index (κ1) is 21.0. The van der Waals surface area contributed by atoms with Crippen molar-refractivity contribution in [3.05, 3.63) is 54.0 Å². The Hall–Kier alpha value is -2.27. The highest BCUT2D eigenvalue weighted by atomic mass is 16.3. The molecule has 0 bridgehead atoms. The average molecular weight is 372 g/mol. The lowest BCUT2D eigenvalue weighted by atomic mass is 10.1. The van der Waals surface area contributed by atoms with Crippen LogP contribution >= 0.6 is 0 Å². The molecule has 1 heterocycles. The zero-order valence-corrected chi connectivity index (χ0v) is 17.2. The maximum absolute atomic E-state index is 12.6. The van der Waals surface area contributed by atoms with Crippen LogP contribution in [0.3, 0.4) is 0 Å². The minimum Gasteiger partial charge on any atom is -0.468 e. The molecule has 0 aliphatic carbocycles. The molecular weight excluding hydrogens is 338 g/mol. The minimum absolute atomic E-state index is 0.0368. The third-order valence-corrected chi connectivity index (χ3v) is 5.01. The first-order chi connectivity index (χ1) is 13.0. The largest absolute Gasteiger partial charge is 0.468 e. The third-order valence-electron chi connectivity index (χ3n) is 5.01. The summed E-state index contributed by atoms with van der Waals surface area (Å²) < 4.78 is 5.60. The summed E-state index contributed by atoms with van der Waals surface area (Å²) in [6.07, 6.45) is 1.68. The number of anilines is 1. The van der Waals surface area contributed by atoms with Crippen LogP contribution in [0.1, 0.15) is 56.8 Å². The lowest BCUT2D eigenvalue weighted by Crippen LogP contribution is -2.38. The van der Waals surface area contributed by atoms with E-state index >= 15 is 0 Å². The Morgan fingerprint density at radius 1 is 1.04 bits per heavy atom. The van der Waals surface area contributed by atoms with Crippen LogP contribution in [0, 0.1) is 0 Å². The number of amides is 1. The van der Waals surface area contributed by atoms with Gasteiger partial charge >= 0.3 is 0 Å². The van der Waals surface area contributed by atoms with Crippen molar-refractivity contribution in [1.29, 1.82) is 0 Å². The SMILES string of the molecule is CCN(CC)C(CNC(=O)c1ccc(N(CC)C(C)C)cc1)c1ccco1. The molecule has 5 heteroatoms. The van der Waals surface area contributed by atoms with Gasteiger partial charge in [0.1, 0.15) is 5.76 Å². The first-order valence-corrected chi connectivity index (χ1v) is 9.94. The number of nitrogens with zero attached hydrogens (tertiary/aromatic N) is 2. The van der Waals surface area contributed by atoms with Gasteiger partial charge in [-0.1, -0.05) is 13.8 Å². The van der Waals surface area contributed by atoms with Crippen molar-refractivity contribution >= 4 is 11.6 Å². The normalized spacial score (nSPS) is 12.4. The Balaban J connectivity index is 2.05. The van der Waals surface area contributed by atoms with Crippen molar-refractivity contribution in [3.63, 3.8) is 0 Å².